The Morgan fingerprint density at radius 3 is 2.50 bits per heavy atom. The number of hydrogen-bond donors (Lipinski definition) is 2. The van der Waals surface area contributed by atoms with Gasteiger partial charge < -0.3 is 15.3 Å². The van der Waals surface area contributed by atoms with Crippen LogP contribution < -0.4 is 5.32 Å². The summed E-state index contributed by atoms with van der Waals surface area (Å²) < 4.78 is 23.8. The summed E-state index contributed by atoms with van der Waals surface area (Å²) in [6.07, 6.45) is 2.02. The SMILES string of the molecule is C#CCC(NC(=O)N(C)CC(F)F)C(=O)O. The molecule has 0 radical (unpaired) electrons. The van der Waals surface area contributed by atoms with Gasteiger partial charge in [0.1, 0.15) is 6.04 Å². The van der Waals surface area contributed by atoms with Crippen LogP contribution in [0.5, 0.6) is 0 Å². The van der Waals surface area contributed by atoms with Gasteiger partial charge in [-0.05, 0) is 0 Å². The molecule has 1 atom stereocenters. The van der Waals surface area contributed by atoms with Gasteiger partial charge in [0.25, 0.3) is 6.43 Å². The zero-order valence-electron chi connectivity index (χ0n) is 8.61. The topological polar surface area (TPSA) is 69.6 Å². The van der Waals surface area contributed by atoms with E-state index in [9.17, 15) is 18.4 Å². The molecule has 0 saturated carbocycles. The van der Waals surface area contributed by atoms with E-state index < -0.39 is 31.0 Å². The van der Waals surface area contributed by atoms with Crippen LogP contribution in [0.4, 0.5) is 13.6 Å². The van der Waals surface area contributed by atoms with Crippen LogP contribution in [0.15, 0.2) is 0 Å². The van der Waals surface area contributed by atoms with Crippen molar-refractivity contribution >= 4 is 12.0 Å². The predicted molar refractivity (Wildman–Crippen MR) is 52.0 cm³/mol. The molecular formula is C9H12F2N2O3. The van der Waals surface area contributed by atoms with Gasteiger partial charge in [-0.1, -0.05) is 0 Å². The lowest BCUT2D eigenvalue weighted by atomic mass is 10.2. The van der Waals surface area contributed by atoms with Gasteiger partial charge in [0.15, 0.2) is 0 Å². The molecule has 0 rings (SSSR count). The molecule has 0 aliphatic carbocycles. The summed E-state index contributed by atoms with van der Waals surface area (Å²) in [5, 5.41) is 10.7. The van der Waals surface area contributed by atoms with Gasteiger partial charge in [-0.3, -0.25) is 0 Å². The van der Waals surface area contributed by atoms with E-state index in [0.717, 1.165) is 7.05 Å². The van der Waals surface area contributed by atoms with Gasteiger partial charge in [0.2, 0.25) is 0 Å². The highest BCUT2D eigenvalue weighted by Crippen LogP contribution is 1.98. The minimum atomic E-state index is -2.67. The molecule has 7 heteroatoms. The van der Waals surface area contributed by atoms with E-state index in [0.29, 0.717) is 4.90 Å². The van der Waals surface area contributed by atoms with Crippen molar-refractivity contribution in [1.29, 1.82) is 0 Å². The summed E-state index contributed by atoms with van der Waals surface area (Å²) in [7, 11) is 1.14. The van der Waals surface area contributed by atoms with E-state index in [2.05, 4.69) is 5.92 Å². The number of terminal acetylenes is 1. The first-order valence-electron chi connectivity index (χ1n) is 4.34. The van der Waals surface area contributed by atoms with Gasteiger partial charge in [0.05, 0.1) is 6.54 Å². The Morgan fingerprint density at radius 2 is 2.12 bits per heavy atom. The van der Waals surface area contributed by atoms with E-state index in [1.54, 1.807) is 0 Å². The molecule has 0 bridgehead atoms. The van der Waals surface area contributed by atoms with Crippen molar-refractivity contribution in [2.45, 2.75) is 18.9 Å². The Morgan fingerprint density at radius 1 is 1.56 bits per heavy atom. The van der Waals surface area contributed by atoms with E-state index in [1.165, 1.54) is 0 Å². The average molecular weight is 234 g/mol. The fourth-order valence-electron chi connectivity index (χ4n) is 0.867. The smallest absolute Gasteiger partial charge is 0.327 e. The fourth-order valence-corrected chi connectivity index (χ4v) is 0.867. The van der Waals surface area contributed by atoms with Gasteiger partial charge in [0, 0.05) is 13.5 Å². The summed E-state index contributed by atoms with van der Waals surface area (Å²) >= 11 is 0. The average Bonchev–Trinajstić information content (AvgIpc) is 2.15. The molecule has 2 amide bonds. The molecule has 90 valence electrons. The summed E-state index contributed by atoms with van der Waals surface area (Å²) in [6.45, 7) is -0.770. The number of alkyl halides is 2. The van der Waals surface area contributed by atoms with Gasteiger partial charge in [-0.2, -0.15) is 0 Å². The number of hydrogen-bond acceptors (Lipinski definition) is 2. The lowest BCUT2D eigenvalue weighted by molar-refractivity contribution is -0.139. The normalized spacial score (nSPS) is 11.7. The summed E-state index contributed by atoms with van der Waals surface area (Å²) in [5.74, 6) is 0.763. The molecule has 0 spiro atoms. The Labute approximate surface area is 91.4 Å². The minimum absolute atomic E-state index is 0.205. The van der Waals surface area contributed by atoms with Crippen LogP contribution in [0.1, 0.15) is 6.42 Å². The van der Waals surface area contributed by atoms with Gasteiger partial charge in [-0.25, -0.2) is 18.4 Å². The molecule has 0 saturated heterocycles. The Kier molecular flexibility index (Phi) is 5.85. The summed E-state index contributed by atoms with van der Waals surface area (Å²) in [5.41, 5.74) is 0. The lowest BCUT2D eigenvalue weighted by Crippen LogP contribution is -2.47. The molecule has 0 aromatic rings. The van der Waals surface area contributed by atoms with Crippen molar-refractivity contribution in [2.75, 3.05) is 13.6 Å². The van der Waals surface area contributed by atoms with Crippen LogP contribution >= 0.6 is 0 Å². The van der Waals surface area contributed by atoms with E-state index >= 15 is 0 Å². The fraction of sp³-hybridized carbons (Fsp3) is 0.556. The lowest BCUT2D eigenvalue weighted by Gasteiger charge is -2.19. The largest absolute Gasteiger partial charge is 0.480 e. The molecule has 1 unspecified atom stereocenters. The molecule has 0 aromatic carbocycles. The highest BCUT2D eigenvalue weighted by molar-refractivity contribution is 5.82. The number of aliphatic carboxylic acids is 1. The Balaban J connectivity index is 4.30. The van der Waals surface area contributed by atoms with Crippen LogP contribution in [0.25, 0.3) is 0 Å². The second-order valence-electron chi connectivity index (χ2n) is 3.02. The van der Waals surface area contributed by atoms with Crippen molar-refractivity contribution in [3.8, 4) is 12.3 Å². The number of rotatable bonds is 5. The van der Waals surface area contributed by atoms with Gasteiger partial charge in [-0.15, -0.1) is 12.3 Å². The van der Waals surface area contributed by atoms with Crippen LogP contribution in [0.2, 0.25) is 0 Å². The van der Waals surface area contributed by atoms with E-state index in [1.807, 2.05) is 5.32 Å². The number of carbonyl (C=O) groups excluding carboxylic acids is 1. The number of halogens is 2. The van der Waals surface area contributed by atoms with Crippen LogP contribution in [0, 0.1) is 12.3 Å². The molecule has 2 N–H and O–H groups in total. The molecule has 0 fully saturated rings. The zero-order chi connectivity index (χ0) is 12.7. The van der Waals surface area contributed by atoms with Crippen molar-refractivity contribution in [2.24, 2.45) is 0 Å². The summed E-state index contributed by atoms with van der Waals surface area (Å²) in [6, 6.07) is -2.17. The maximum absolute atomic E-state index is 11.9. The standard InChI is InChI=1S/C9H12F2N2O3/c1-3-4-6(8(14)15)12-9(16)13(2)5-7(10)11/h1,6-7H,4-5H2,2H3,(H,12,16)(H,14,15). The molecule has 0 heterocycles. The Bertz CT molecular complexity index is 302. The number of amides is 2. The minimum Gasteiger partial charge on any atom is -0.480 e. The molecule has 0 aliphatic heterocycles. The van der Waals surface area contributed by atoms with Crippen LogP contribution in [0.3, 0.4) is 0 Å². The highest BCUT2D eigenvalue weighted by atomic mass is 19.3. The third-order valence-corrected chi connectivity index (χ3v) is 1.68. The number of carboxylic acid groups (broad SMARTS) is 1. The molecule has 5 nitrogen and oxygen atoms in total. The molecule has 16 heavy (non-hydrogen) atoms. The third kappa shape index (κ3) is 5.14. The van der Waals surface area contributed by atoms with Crippen LogP contribution in [-0.2, 0) is 4.79 Å². The first-order chi connectivity index (χ1) is 7.38. The van der Waals surface area contributed by atoms with Crippen molar-refractivity contribution in [3.63, 3.8) is 0 Å². The Hall–Kier alpha value is -1.84. The van der Waals surface area contributed by atoms with Crippen LogP contribution in [-0.4, -0.2) is 48.1 Å². The molecule has 0 aromatic heterocycles. The third-order valence-electron chi connectivity index (χ3n) is 1.68. The molecular weight excluding hydrogens is 222 g/mol. The first kappa shape index (κ1) is 14.2. The van der Waals surface area contributed by atoms with Crippen molar-refractivity contribution in [1.82, 2.24) is 10.2 Å². The van der Waals surface area contributed by atoms with Gasteiger partial charge >= 0.3 is 12.0 Å². The number of nitrogens with one attached hydrogen (secondary N) is 1. The first-order valence-corrected chi connectivity index (χ1v) is 4.34. The highest BCUT2D eigenvalue weighted by Gasteiger charge is 2.21. The number of urea groups is 1. The van der Waals surface area contributed by atoms with Crippen molar-refractivity contribution < 1.29 is 23.5 Å². The second kappa shape index (κ2) is 6.61. The van der Waals surface area contributed by atoms with Crippen molar-refractivity contribution in [3.05, 3.63) is 0 Å². The predicted octanol–water partition coefficient (Wildman–Crippen LogP) is 0.369. The van der Waals surface area contributed by atoms with E-state index in [4.69, 9.17) is 11.5 Å². The van der Waals surface area contributed by atoms with E-state index in [-0.39, 0.29) is 6.42 Å². The quantitative estimate of drug-likeness (QED) is 0.675. The monoisotopic (exact) mass is 234 g/mol. The maximum Gasteiger partial charge on any atom is 0.327 e. The maximum atomic E-state index is 11.9. The molecule has 0 aliphatic rings. The zero-order valence-corrected chi connectivity index (χ0v) is 8.61. The number of carbonyl (C=O) groups is 2. The number of nitrogens with zero attached hydrogens (tertiary/aromatic N) is 1. The summed E-state index contributed by atoms with van der Waals surface area (Å²) in [4.78, 5) is 22.5. The number of carboxylic acids is 1. The second-order valence-corrected chi connectivity index (χ2v) is 3.02.